The first-order valence-corrected chi connectivity index (χ1v) is 9.28. The fraction of sp³-hybridized carbons (Fsp3) is 0.217. The van der Waals surface area contributed by atoms with Crippen LogP contribution in [0.4, 0.5) is 10.1 Å². The predicted molar refractivity (Wildman–Crippen MR) is 108 cm³/mol. The highest BCUT2D eigenvalue weighted by molar-refractivity contribution is 5.94. The minimum Gasteiger partial charge on any atom is -0.326 e. The molecule has 2 heterocycles. The molecule has 0 saturated heterocycles. The molecule has 1 aromatic heterocycles. The molecule has 1 aliphatic rings. The van der Waals surface area contributed by atoms with Crippen LogP contribution in [0.25, 0.3) is 11.1 Å². The topological polar surface area (TPSA) is 51.1 Å². The molecule has 1 aliphatic heterocycles. The SMILES string of the molecule is Cc1cc(-c2cc3c(cc2Cc2cccc(F)c2)NC(=O)CC3)cn(C)c1=O. The lowest BCUT2D eigenvalue weighted by atomic mass is 9.90. The molecule has 4 rings (SSSR count). The van der Waals surface area contributed by atoms with Gasteiger partial charge in [0.05, 0.1) is 0 Å². The van der Waals surface area contributed by atoms with Gasteiger partial charge in [0.15, 0.2) is 0 Å². The van der Waals surface area contributed by atoms with Crippen LogP contribution in [0.1, 0.15) is 28.7 Å². The standard InChI is InChI=1S/C23H21FN2O2/c1-14-8-18(13-26(2)23(14)28)20-11-16-6-7-22(27)25-21(16)12-17(20)9-15-4-3-5-19(24)10-15/h3-5,8,10-13H,6-7,9H2,1-2H3,(H,25,27). The number of carbonyl (C=O) groups excluding carboxylic acids is 1. The van der Waals surface area contributed by atoms with Crippen LogP contribution in [0.15, 0.2) is 53.5 Å². The molecule has 0 bridgehead atoms. The third-order valence-corrected chi connectivity index (χ3v) is 5.18. The zero-order valence-electron chi connectivity index (χ0n) is 15.9. The van der Waals surface area contributed by atoms with Crippen LogP contribution in [0, 0.1) is 12.7 Å². The van der Waals surface area contributed by atoms with E-state index in [2.05, 4.69) is 11.4 Å². The van der Waals surface area contributed by atoms with Crippen molar-refractivity contribution in [1.29, 1.82) is 0 Å². The Morgan fingerprint density at radius 3 is 2.68 bits per heavy atom. The van der Waals surface area contributed by atoms with Crippen LogP contribution in [0.2, 0.25) is 0 Å². The summed E-state index contributed by atoms with van der Waals surface area (Å²) in [5, 5.41) is 2.94. The largest absolute Gasteiger partial charge is 0.326 e. The smallest absolute Gasteiger partial charge is 0.253 e. The van der Waals surface area contributed by atoms with Crippen molar-refractivity contribution in [2.24, 2.45) is 7.05 Å². The molecule has 0 atom stereocenters. The Hall–Kier alpha value is -3.21. The summed E-state index contributed by atoms with van der Waals surface area (Å²) >= 11 is 0. The second-order valence-corrected chi connectivity index (χ2v) is 7.35. The molecule has 0 unspecified atom stereocenters. The van der Waals surface area contributed by atoms with Gasteiger partial charge in [-0.05, 0) is 77.9 Å². The number of pyridine rings is 1. The van der Waals surface area contributed by atoms with Gasteiger partial charge in [-0.2, -0.15) is 0 Å². The second kappa shape index (κ2) is 7.08. The van der Waals surface area contributed by atoms with Gasteiger partial charge in [-0.1, -0.05) is 12.1 Å². The van der Waals surface area contributed by atoms with E-state index in [1.165, 1.54) is 12.1 Å². The van der Waals surface area contributed by atoms with E-state index in [-0.39, 0.29) is 17.3 Å². The van der Waals surface area contributed by atoms with Crippen LogP contribution < -0.4 is 10.9 Å². The van der Waals surface area contributed by atoms with Crippen molar-refractivity contribution in [3.05, 3.63) is 87.1 Å². The van der Waals surface area contributed by atoms with Gasteiger partial charge in [0.25, 0.3) is 5.56 Å². The number of aryl methyl sites for hydroxylation is 3. The zero-order chi connectivity index (χ0) is 19.8. The number of amides is 1. The molecule has 4 nitrogen and oxygen atoms in total. The molecule has 1 N–H and O–H groups in total. The van der Waals surface area contributed by atoms with E-state index in [9.17, 15) is 14.0 Å². The Labute approximate surface area is 162 Å². The number of halogens is 1. The van der Waals surface area contributed by atoms with E-state index in [1.54, 1.807) is 24.6 Å². The number of benzene rings is 2. The molecule has 2 aromatic carbocycles. The first kappa shape index (κ1) is 18.2. The summed E-state index contributed by atoms with van der Waals surface area (Å²) in [5.41, 5.74) is 6.29. The van der Waals surface area contributed by atoms with E-state index in [1.807, 2.05) is 24.4 Å². The molecule has 0 radical (unpaired) electrons. The molecular formula is C23H21FN2O2. The summed E-state index contributed by atoms with van der Waals surface area (Å²) in [4.78, 5) is 23.9. The fourth-order valence-electron chi connectivity index (χ4n) is 3.78. The highest BCUT2D eigenvalue weighted by Gasteiger charge is 2.19. The van der Waals surface area contributed by atoms with Gasteiger partial charge in [-0.25, -0.2) is 4.39 Å². The summed E-state index contributed by atoms with van der Waals surface area (Å²) in [7, 11) is 1.74. The Bertz CT molecular complexity index is 1120. The molecule has 28 heavy (non-hydrogen) atoms. The third-order valence-electron chi connectivity index (χ3n) is 5.18. The van der Waals surface area contributed by atoms with Crippen molar-refractivity contribution < 1.29 is 9.18 Å². The van der Waals surface area contributed by atoms with Crippen molar-refractivity contribution in [2.45, 2.75) is 26.2 Å². The Balaban J connectivity index is 1.88. The van der Waals surface area contributed by atoms with Crippen molar-refractivity contribution in [3.8, 4) is 11.1 Å². The van der Waals surface area contributed by atoms with E-state index in [4.69, 9.17) is 0 Å². The van der Waals surface area contributed by atoms with Crippen LogP contribution in [0.3, 0.4) is 0 Å². The average Bonchev–Trinajstić information content (AvgIpc) is 2.65. The van der Waals surface area contributed by atoms with Crippen LogP contribution >= 0.6 is 0 Å². The van der Waals surface area contributed by atoms with E-state index in [0.29, 0.717) is 24.8 Å². The number of aromatic nitrogens is 1. The van der Waals surface area contributed by atoms with Gasteiger partial charge < -0.3 is 9.88 Å². The van der Waals surface area contributed by atoms with E-state index in [0.717, 1.165) is 33.5 Å². The molecule has 5 heteroatoms. The van der Waals surface area contributed by atoms with E-state index < -0.39 is 0 Å². The fourth-order valence-corrected chi connectivity index (χ4v) is 3.78. The maximum Gasteiger partial charge on any atom is 0.253 e. The Morgan fingerprint density at radius 1 is 1.11 bits per heavy atom. The minimum absolute atomic E-state index is 0.00917. The summed E-state index contributed by atoms with van der Waals surface area (Å²) in [6, 6.07) is 12.5. The van der Waals surface area contributed by atoms with Crippen molar-refractivity contribution in [1.82, 2.24) is 4.57 Å². The number of hydrogen-bond acceptors (Lipinski definition) is 2. The number of rotatable bonds is 3. The molecule has 3 aromatic rings. The maximum absolute atomic E-state index is 13.7. The second-order valence-electron chi connectivity index (χ2n) is 7.35. The summed E-state index contributed by atoms with van der Waals surface area (Å²) in [6.45, 7) is 1.80. The van der Waals surface area contributed by atoms with Gasteiger partial charge >= 0.3 is 0 Å². The number of nitrogens with one attached hydrogen (secondary N) is 1. The summed E-state index contributed by atoms with van der Waals surface area (Å²) in [5.74, 6) is -0.266. The summed E-state index contributed by atoms with van der Waals surface area (Å²) < 4.78 is 15.3. The molecule has 0 aliphatic carbocycles. The van der Waals surface area contributed by atoms with Gasteiger partial charge in [-0.15, -0.1) is 0 Å². The summed E-state index contributed by atoms with van der Waals surface area (Å²) in [6.07, 6.45) is 3.49. The molecule has 1 amide bonds. The number of fused-ring (bicyclic) bond motifs is 1. The Morgan fingerprint density at radius 2 is 1.93 bits per heavy atom. The average molecular weight is 376 g/mol. The van der Waals surface area contributed by atoms with Gasteiger partial charge in [0.1, 0.15) is 5.82 Å². The number of carbonyl (C=O) groups is 1. The van der Waals surface area contributed by atoms with Crippen molar-refractivity contribution in [3.63, 3.8) is 0 Å². The normalized spacial score (nSPS) is 13.2. The third kappa shape index (κ3) is 3.48. The van der Waals surface area contributed by atoms with Gasteiger partial charge in [0.2, 0.25) is 5.91 Å². The highest BCUT2D eigenvalue weighted by atomic mass is 19.1. The Kier molecular flexibility index (Phi) is 4.59. The zero-order valence-corrected chi connectivity index (χ0v) is 15.9. The molecule has 142 valence electrons. The maximum atomic E-state index is 13.7. The monoisotopic (exact) mass is 376 g/mol. The molecule has 0 spiro atoms. The van der Waals surface area contributed by atoms with Crippen LogP contribution in [-0.4, -0.2) is 10.5 Å². The number of anilines is 1. The minimum atomic E-state index is -0.275. The lowest BCUT2D eigenvalue weighted by Crippen LogP contribution is -2.20. The molecule has 0 fully saturated rings. The lowest BCUT2D eigenvalue weighted by molar-refractivity contribution is -0.116. The lowest BCUT2D eigenvalue weighted by Gasteiger charge is -2.21. The molecule has 0 saturated carbocycles. The highest BCUT2D eigenvalue weighted by Crippen LogP contribution is 2.33. The van der Waals surface area contributed by atoms with Gasteiger partial charge in [0, 0.05) is 30.9 Å². The number of nitrogens with zero attached hydrogens (tertiary/aromatic N) is 1. The molecular weight excluding hydrogens is 355 g/mol. The predicted octanol–water partition coefficient (Wildman–Crippen LogP) is 3.98. The quantitative estimate of drug-likeness (QED) is 0.752. The van der Waals surface area contributed by atoms with Crippen molar-refractivity contribution >= 4 is 11.6 Å². The van der Waals surface area contributed by atoms with Gasteiger partial charge in [-0.3, -0.25) is 9.59 Å². The first-order valence-electron chi connectivity index (χ1n) is 9.28. The number of hydrogen-bond donors (Lipinski definition) is 1. The van der Waals surface area contributed by atoms with Crippen LogP contribution in [0.5, 0.6) is 0 Å². The first-order chi connectivity index (χ1) is 13.4. The van der Waals surface area contributed by atoms with E-state index >= 15 is 0 Å². The van der Waals surface area contributed by atoms with Crippen LogP contribution in [-0.2, 0) is 24.7 Å². The van der Waals surface area contributed by atoms with Crippen molar-refractivity contribution in [2.75, 3.05) is 5.32 Å².